The van der Waals surface area contributed by atoms with E-state index in [4.69, 9.17) is 0 Å². The maximum absolute atomic E-state index is 12.5. The van der Waals surface area contributed by atoms with Gasteiger partial charge < -0.3 is 4.98 Å². The molecule has 0 aliphatic heterocycles. The SMILES string of the molecule is Cc1[nH]c2ccc(C(=O)Nc3nc4ccccc4s3)cc2c1C. The minimum Gasteiger partial charge on any atom is -0.358 e. The topological polar surface area (TPSA) is 57.8 Å². The summed E-state index contributed by atoms with van der Waals surface area (Å²) >= 11 is 1.48. The number of benzene rings is 2. The van der Waals surface area contributed by atoms with Crippen molar-refractivity contribution in [2.45, 2.75) is 13.8 Å². The Morgan fingerprint density at radius 2 is 2.00 bits per heavy atom. The van der Waals surface area contributed by atoms with Gasteiger partial charge >= 0.3 is 0 Å². The molecule has 1 amide bonds. The number of aryl methyl sites for hydroxylation is 2. The molecule has 0 aliphatic rings. The van der Waals surface area contributed by atoms with Crippen molar-refractivity contribution in [1.82, 2.24) is 9.97 Å². The van der Waals surface area contributed by atoms with Crippen molar-refractivity contribution in [2.75, 3.05) is 5.32 Å². The number of H-pyrrole nitrogens is 1. The van der Waals surface area contributed by atoms with E-state index in [0.717, 1.165) is 26.8 Å². The third-order valence-electron chi connectivity index (χ3n) is 4.08. The lowest BCUT2D eigenvalue weighted by atomic mass is 10.1. The van der Waals surface area contributed by atoms with Gasteiger partial charge in [0.15, 0.2) is 5.13 Å². The van der Waals surface area contributed by atoms with Crippen LogP contribution in [0.5, 0.6) is 0 Å². The van der Waals surface area contributed by atoms with Crippen LogP contribution >= 0.6 is 11.3 Å². The molecule has 5 heteroatoms. The molecule has 4 nitrogen and oxygen atoms in total. The Labute approximate surface area is 137 Å². The van der Waals surface area contributed by atoms with Gasteiger partial charge in [-0.05, 0) is 49.7 Å². The zero-order chi connectivity index (χ0) is 16.0. The molecule has 2 heterocycles. The summed E-state index contributed by atoms with van der Waals surface area (Å²) in [4.78, 5) is 20.3. The maximum atomic E-state index is 12.5. The minimum absolute atomic E-state index is 0.135. The molecular formula is C18H15N3OS. The molecule has 2 aromatic carbocycles. The van der Waals surface area contributed by atoms with Crippen LogP contribution in [-0.4, -0.2) is 15.9 Å². The van der Waals surface area contributed by atoms with Crippen molar-refractivity contribution in [3.05, 3.63) is 59.3 Å². The minimum atomic E-state index is -0.135. The quantitative estimate of drug-likeness (QED) is 0.565. The fraction of sp³-hybridized carbons (Fsp3) is 0.111. The van der Waals surface area contributed by atoms with Gasteiger partial charge in [-0.3, -0.25) is 10.1 Å². The number of carbonyl (C=O) groups is 1. The normalized spacial score (nSPS) is 11.2. The fourth-order valence-electron chi connectivity index (χ4n) is 2.70. The molecular weight excluding hydrogens is 306 g/mol. The summed E-state index contributed by atoms with van der Waals surface area (Å²) in [6.45, 7) is 4.10. The van der Waals surface area contributed by atoms with E-state index in [-0.39, 0.29) is 5.91 Å². The maximum Gasteiger partial charge on any atom is 0.257 e. The van der Waals surface area contributed by atoms with Gasteiger partial charge in [0.05, 0.1) is 10.2 Å². The van der Waals surface area contributed by atoms with Crippen LogP contribution in [0.2, 0.25) is 0 Å². The third-order valence-corrected chi connectivity index (χ3v) is 5.04. The zero-order valence-electron chi connectivity index (χ0n) is 12.8. The zero-order valence-corrected chi connectivity index (χ0v) is 13.6. The first-order valence-corrected chi connectivity index (χ1v) is 8.19. The number of nitrogens with zero attached hydrogens (tertiary/aromatic N) is 1. The van der Waals surface area contributed by atoms with Gasteiger partial charge in [0.2, 0.25) is 0 Å². The molecule has 4 aromatic rings. The first-order chi connectivity index (χ1) is 11.1. The van der Waals surface area contributed by atoms with Gasteiger partial charge in [0, 0.05) is 22.2 Å². The molecule has 4 rings (SSSR count). The Hall–Kier alpha value is -2.66. The van der Waals surface area contributed by atoms with Gasteiger partial charge in [-0.15, -0.1) is 0 Å². The van der Waals surface area contributed by atoms with Crippen LogP contribution in [0.3, 0.4) is 0 Å². The van der Waals surface area contributed by atoms with Crippen molar-refractivity contribution in [3.63, 3.8) is 0 Å². The third kappa shape index (κ3) is 2.39. The lowest BCUT2D eigenvalue weighted by Crippen LogP contribution is -2.11. The number of aromatic amines is 1. The van der Waals surface area contributed by atoms with E-state index in [2.05, 4.69) is 22.2 Å². The average molecular weight is 321 g/mol. The molecule has 114 valence electrons. The summed E-state index contributed by atoms with van der Waals surface area (Å²) in [6.07, 6.45) is 0. The number of rotatable bonds is 2. The molecule has 0 atom stereocenters. The molecule has 0 spiro atoms. The van der Waals surface area contributed by atoms with Crippen LogP contribution in [0.25, 0.3) is 21.1 Å². The summed E-state index contributed by atoms with van der Waals surface area (Å²) in [6, 6.07) is 13.6. The van der Waals surface area contributed by atoms with Crippen LogP contribution in [-0.2, 0) is 0 Å². The van der Waals surface area contributed by atoms with Gasteiger partial charge in [0.1, 0.15) is 0 Å². The summed E-state index contributed by atoms with van der Waals surface area (Å²) in [5.41, 5.74) is 4.90. The standard InChI is InChI=1S/C18H15N3OS/c1-10-11(2)19-14-8-7-12(9-13(10)14)17(22)21-18-20-15-5-3-4-6-16(15)23-18/h3-9,19H,1-2H3,(H,20,21,22). The van der Waals surface area contributed by atoms with Crippen LogP contribution in [0.1, 0.15) is 21.6 Å². The molecule has 2 N–H and O–H groups in total. The van der Waals surface area contributed by atoms with Crippen LogP contribution < -0.4 is 5.32 Å². The first-order valence-electron chi connectivity index (χ1n) is 7.37. The van der Waals surface area contributed by atoms with Gasteiger partial charge in [-0.2, -0.15) is 0 Å². The number of nitrogens with one attached hydrogen (secondary N) is 2. The highest BCUT2D eigenvalue weighted by molar-refractivity contribution is 7.22. The second-order valence-corrected chi connectivity index (χ2v) is 6.61. The van der Waals surface area contributed by atoms with Crippen LogP contribution in [0, 0.1) is 13.8 Å². The fourth-order valence-corrected chi connectivity index (χ4v) is 3.56. The van der Waals surface area contributed by atoms with E-state index in [1.165, 1.54) is 16.9 Å². The second kappa shape index (κ2) is 5.21. The number of thiazole rings is 1. The van der Waals surface area contributed by atoms with Gasteiger partial charge in [-0.25, -0.2) is 4.98 Å². The monoisotopic (exact) mass is 321 g/mol. The molecule has 2 aromatic heterocycles. The van der Waals surface area contributed by atoms with Crippen molar-refractivity contribution < 1.29 is 4.79 Å². The second-order valence-electron chi connectivity index (χ2n) is 5.58. The van der Waals surface area contributed by atoms with E-state index >= 15 is 0 Å². The highest BCUT2D eigenvalue weighted by atomic mass is 32.1. The van der Waals surface area contributed by atoms with E-state index in [1.807, 2.05) is 49.4 Å². The van der Waals surface area contributed by atoms with Crippen molar-refractivity contribution in [3.8, 4) is 0 Å². The van der Waals surface area contributed by atoms with Crippen molar-refractivity contribution in [1.29, 1.82) is 0 Å². The highest BCUT2D eigenvalue weighted by Crippen LogP contribution is 2.27. The number of hydrogen-bond acceptors (Lipinski definition) is 3. The number of aromatic nitrogens is 2. The smallest absolute Gasteiger partial charge is 0.257 e. The van der Waals surface area contributed by atoms with Crippen molar-refractivity contribution >= 4 is 43.5 Å². The number of anilines is 1. The number of amides is 1. The van der Waals surface area contributed by atoms with Crippen LogP contribution in [0.15, 0.2) is 42.5 Å². The summed E-state index contributed by atoms with van der Waals surface area (Å²) < 4.78 is 1.07. The molecule has 0 bridgehead atoms. The Morgan fingerprint density at radius 3 is 2.83 bits per heavy atom. The Morgan fingerprint density at radius 1 is 1.17 bits per heavy atom. The van der Waals surface area contributed by atoms with E-state index in [1.54, 1.807) is 0 Å². The molecule has 0 aliphatic carbocycles. The summed E-state index contributed by atoms with van der Waals surface area (Å²) in [5, 5.41) is 4.60. The molecule has 0 saturated carbocycles. The molecule has 0 saturated heterocycles. The predicted molar refractivity (Wildman–Crippen MR) is 95.3 cm³/mol. The predicted octanol–water partition coefficient (Wildman–Crippen LogP) is 4.65. The highest BCUT2D eigenvalue weighted by Gasteiger charge is 2.12. The molecule has 0 unspecified atom stereocenters. The van der Waals surface area contributed by atoms with E-state index in [0.29, 0.717) is 10.7 Å². The number of para-hydroxylation sites is 1. The summed E-state index contributed by atoms with van der Waals surface area (Å²) in [7, 11) is 0. The number of fused-ring (bicyclic) bond motifs is 2. The lowest BCUT2D eigenvalue weighted by molar-refractivity contribution is 0.102. The molecule has 0 radical (unpaired) electrons. The van der Waals surface area contributed by atoms with E-state index in [9.17, 15) is 4.79 Å². The largest absolute Gasteiger partial charge is 0.358 e. The Bertz CT molecular complexity index is 1010. The Balaban J connectivity index is 1.67. The molecule has 23 heavy (non-hydrogen) atoms. The first kappa shape index (κ1) is 14.0. The summed E-state index contributed by atoms with van der Waals surface area (Å²) in [5.74, 6) is -0.135. The number of carbonyl (C=O) groups excluding carboxylic acids is 1. The van der Waals surface area contributed by atoms with Crippen molar-refractivity contribution in [2.24, 2.45) is 0 Å². The Kier molecular flexibility index (Phi) is 3.16. The number of hydrogen-bond donors (Lipinski definition) is 2. The molecule has 0 fully saturated rings. The van der Waals surface area contributed by atoms with Crippen LogP contribution in [0.4, 0.5) is 5.13 Å². The van der Waals surface area contributed by atoms with E-state index < -0.39 is 0 Å². The average Bonchev–Trinajstić information content (AvgIpc) is 3.08. The lowest BCUT2D eigenvalue weighted by Gasteiger charge is -2.02. The van der Waals surface area contributed by atoms with Gasteiger partial charge in [-0.1, -0.05) is 23.5 Å². The van der Waals surface area contributed by atoms with Gasteiger partial charge in [0.25, 0.3) is 5.91 Å².